The van der Waals surface area contributed by atoms with E-state index in [1.165, 1.54) is 0 Å². The summed E-state index contributed by atoms with van der Waals surface area (Å²) < 4.78 is 7.10. The largest absolute Gasteiger partial charge is 0.394 e. The molecule has 2 aliphatic rings. The molecule has 25 heavy (non-hydrogen) atoms. The molecule has 0 atom stereocenters. The van der Waals surface area contributed by atoms with E-state index in [9.17, 15) is 9.90 Å². The number of nitrogens with one attached hydrogen (secondary N) is 1. The van der Waals surface area contributed by atoms with Crippen molar-refractivity contribution >= 4 is 5.91 Å². The predicted octanol–water partition coefficient (Wildman–Crippen LogP) is 1.42. The van der Waals surface area contributed by atoms with Gasteiger partial charge in [0.15, 0.2) is 0 Å². The first-order chi connectivity index (χ1) is 12.2. The normalized spacial score (nSPS) is 19.6. The third-order valence-electron chi connectivity index (χ3n) is 4.91. The van der Waals surface area contributed by atoms with Crippen LogP contribution in [-0.2, 0) is 4.74 Å². The Morgan fingerprint density at radius 1 is 1.28 bits per heavy atom. The molecule has 1 aromatic carbocycles. The molecule has 1 aromatic heterocycles. The van der Waals surface area contributed by atoms with E-state index in [1.54, 1.807) is 4.68 Å². The van der Waals surface area contributed by atoms with Gasteiger partial charge in [-0.25, -0.2) is 9.67 Å². The summed E-state index contributed by atoms with van der Waals surface area (Å²) in [7, 11) is 0. The zero-order valence-electron chi connectivity index (χ0n) is 14.0. The van der Waals surface area contributed by atoms with Gasteiger partial charge in [0.2, 0.25) is 5.82 Å². The van der Waals surface area contributed by atoms with Gasteiger partial charge < -0.3 is 15.2 Å². The first kappa shape index (κ1) is 16.2. The van der Waals surface area contributed by atoms with Crippen molar-refractivity contribution in [2.45, 2.75) is 37.1 Å². The topological polar surface area (TPSA) is 89.3 Å². The molecule has 2 aromatic rings. The molecule has 0 unspecified atom stereocenters. The second kappa shape index (κ2) is 6.57. The highest BCUT2D eigenvalue weighted by Gasteiger charge is 2.36. The van der Waals surface area contributed by atoms with Crippen molar-refractivity contribution in [1.29, 1.82) is 0 Å². The van der Waals surface area contributed by atoms with Crippen molar-refractivity contribution in [2.75, 3.05) is 19.8 Å². The van der Waals surface area contributed by atoms with Crippen LogP contribution in [0.1, 0.15) is 48.0 Å². The molecular weight excluding hydrogens is 320 g/mol. The molecule has 132 valence electrons. The van der Waals surface area contributed by atoms with Gasteiger partial charge in [0.25, 0.3) is 5.91 Å². The van der Waals surface area contributed by atoms with Gasteiger partial charge in [0.05, 0.1) is 17.8 Å². The van der Waals surface area contributed by atoms with Crippen LogP contribution >= 0.6 is 0 Å². The molecule has 1 saturated heterocycles. The van der Waals surface area contributed by atoms with Crippen LogP contribution in [0, 0.1) is 0 Å². The first-order valence-corrected chi connectivity index (χ1v) is 8.74. The highest BCUT2D eigenvalue weighted by molar-refractivity contribution is 5.91. The highest BCUT2D eigenvalue weighted by Crippen LogP contribution is 2.39. The lowest BCUT2D eigenvalue weighted by molar-refractivity contribution is 0.0123. The Labute approximate surface area is 146 Å². The highest BCUT2D eigenvalue weighted by atomic mass is 16.5. The van der Waals surface area contributed by atoms with Crippen molar-refractivity contribution in [1.82, 2.24) is 20.1 Å². The average Bonchev–Trinajstić information content (AvgIpc) is 3.41. The summed E-state index contributed by atoms with van der Waals surface area (Å²) in [6.45, 7) is 0.942. The maximum atomic E-state index is 12.7. The van der Waals surface area contributed by atoms with Gasteiger partial charge in [-0.15, -0.1) is 5.10 Å². The molecule has 4 rings (SSSR count). The number of carbonyl (C=O) groups excluding carboxylic acids is 1. The summed E-state index contributed by atoms with van der Waals surface area (Å²) in [6, 6.07) is 9.74. The Hall–Kier alpha value is -2.25. The van der Waals surface area contributed by atoms with Crippen molar-refractivity contribution in [2.24, 2.45) is 0 Å². The number of hydrogen-bond donors (Lipinski definition) is 2. The molecule has 0 spiro atoms. The van der Waals surface area contributed by atoms with Crippen LogP contribution in [0.5, 0.6) is 0 Å². The van der Waals surface area contributed by atoms with Crippen molar-refractivity contribution in [3.63, 3.8) is 0 Å². The minimum absolute atomic E-state index is 0.114. The summed E-state index contributed by atoms with van der Waals surface area (Å²) in [4.78, 5) is 17.2. The zero-order valence-corrected chi connectivity index (χ0v) is 14.0. The number of ether oxygens (including phenoxy) is 1. The van der Waals surface area contributed by atoms with Gasteiger partial charge in [-0.2, -0.15) is 0 Å². The number of carbonyl (C=O) groups is 1. The lowest BCUT2D eigenvalue weighted by Gasteiger charge is -2.35. The first-order valence-electron chi connectivity index (χ1n) is 8.74. The van der Waals surface area contributed by atoms with Crippen LogP contribution in [0.3, 0.4) is 0 Å². The Kier molecular flexibility index (Phi) is 4.27. The lowest BCUT2D eigenvalue weighted by atomic mass is 9.91. The number of rotatable bonds is 5. The van der Waals surface area contributed by atoms with Gasteiger partial charge in [0, 0.05) is 19.1 Å². The van der Waals surface area contributed by atoms with Gasteiger partial charge >= 0.3 is 0 Å². The van der Waals surface area contributed by atoms with Crippen LogP contribution in [0.15, 0.2) is 30.3 Å². The van der Waals surface area contributed by atoms with Gasteiger partial charge in [-0.3, -0.25) is 4.79 Å². The molecule has 1 aliphatic carbocycles. The van der Waals surface area contributed by atoms with Crippen LogP contribution in [0.2, 0.25) is 0 Å². The van der Waals surface area contributed by atoms with E-state index < -0.39 is 5.54 Å². The fourth-order valence-electron chi connectivity index (χ4n) is 3.17. The quantitative estimate of drug-likeness (QED) is 0.858. The van der Waals surface area contributed by atoms with E-state index in [1.807, 2.05) is 30.3 Å². The minimum Gasteiger partial charge on any atom is -0.394 e. The summed E-state index contributed by atoms with van der Waals surface area (Å²) in [5.74, 6) is 1.02. The number of nitrogens with zero attached hydrogens (tertiary/aromatic N) is 3. The molecule has 7 heteroatoms. The molecule has 2 N–H and O–H groups in total. The smallest absolute Gasteiger partial charge is 0.291 e. The number of aliphatic hydroxyl groups excluding tert-OH is 1. The molecule has 1 saturated carbocycles. The molecule has 0 radical (unpaired) electrons. The van der Waals surface area contributed by atoms with Crippen molar-refractivity contribution in [3.8, 4) is 5.69 Å². The summed E-state index contributed by atoms with van der Waals surface area (Å²) >= 11 is 0. The molecule has 2 heterocycles. The Morgan fingerprint density at radius 2 is 2.00 bits per heavy atom. The van der Waals surface area contributed by atoms with Crippen molar-refractivity contribution < 1.29 is 14.6 Å². The number of aliphatic hydroxyl groups is 1. The standard InChI is InChI=1S/C18H22N4O3/c23-12-18(8-10-25-11-9-18)20-17(24)15-19-16(13-6-7-13)22(21-15)14-4-2-1-3-5-14/h1-5,13,23H,6-12H2,(H,20,24). The number of aromatic nitrogens is 3. The van der Waals surface area contributed by atoms with E-state index in [2.05, 4.69) is 15.4 Å². The zero-order chi connectivity index (χ0) is 17.3. The second-order valence-corrected chi connectivity index (χ2v) is 6.82. The number of amides is 1. The van der Waals surface area contributed by atoms with Crippen LogP contribution < -0.4 is 5.32 Å². The monoisotopic (exact) mass is 342 g/mol. The Balaban J connectivity index is 1.61. The summed E-state index contributed by atoms with van der Waals surface area (Å²) in [5.41, 5.74) is 0.256. The molecule has 7 nitrogen and oxygen atoms in total. The Morgan fingerprint density at radius 3 is 2.64 bits per heavy atom. The second-order valence-electron chi connectivity index (χ2n) is 6.82. The third kappa shape index (κ3) is 3.29. The van der Waals surface area contributed by atoms with E-state index in [-0.39, 0.29) is 18.3 Å². The van der Waals surface area contributed by atoms with Crippen molar-refractivity contribution in [3.05, 3.63) is 42.0 Å². The predicted molar refractivity (Wildman–Crippen MR) is 90.7 cm³/mol. The van der Waals surface area contributed by atoms with Gasteiger partial charge in [0.1, 0.15) is 5.82 Å². The molecule has 0 bridgehead atoms. The SMILES string of the molecule is O=C(NC1(CO)CCOCC1)c1nc(C2CC2)n(-c2ccccc2)n1. The van der Waals surface area contributed by atoms with Gasteiger partial charge in [-0.05, 0) is 37.8 Å². The average molecular weight is 342 g/mol. The van der Waals surface area contributed by atoms with Gasteiger partial charge in [-0.1, -0.05) is 18.2 Å². The minimum atomic E-state index is -0.646. The molecular formula is C18H22N4O3. The van der Waals surface area contributed by atoms with E-state index in [0.29, 0.717) is 32.0 Å². The summed E-state index contributed by atoms with van der Waals surface area (Å²) in [5, 5.41) is 17.2. The van der Waals surface area contributed by atoms with Crippen LogP contribution in [0.4, 0.5) is 0 Å². The van der Waals surface area contributed by atoms with E-state index >= 15 is 0 Å². The summed E-state index contributed by atoms with van der Waals surface area (Å²) in [6.07, 6.45) is 3.32. The molecule has 1 aliphatic heterocycles. The number of hydrogen-bond acceptors (Lipinski definition) is 5. The maximum absolute atomic E-state index is 12.7. The Bertz CT molecular complexity index is 749. The third-order valence-corrected chi connectivity index (χ3v) is 4.91. The number of benzene rings is 1. The fourth-order valence-corrected chi connectivity index (χ4v) is 3.17. The maximum Gasteiger partial charge on any atom is 0.291 e. The molecule has 2 fully saturated rings. The lowest BCUT2D eigenvalue weighted by Crippen LogP contribution is -2.54. The van der Waals surface area contributed by atoms with E-state index in [4.69, 9.17) is 4.74 Å². The van der Waals surface area contributed by atoms with E-state index in [0.717, 1.165) is 24.4 Å². The van der Waals surface area contributed by atoms with Crippen LogP contribution in [-0.4, -0.2) is 51.1 Å². The fraction of sp³-hybridized carbons (Fsp3) is 0.500. The number of para-hydroxylation sites is 1. The van der Waals surface area contributed by atoms with Crippen LogP contribution in [0.25, 0.3) is 5.69 Å². The molecule has 1 amide bonds.